The third-order valence-electron chi connectivity index (χ3n) is 4.00. The number of fused-ring (bicyclic) bond motifs is 1. The molecule has 0 spiro atoms. The summed E-state index contributed by atoms with van der Waals surface area (Å²) in [6.07, 6.45) is 5.63. The molecule has 0 unspecified atom stereocenters. The van der Waals surface area contributed by atoms with Gasteiger partial charge in [0.05, 0.1) is 23.5 Å². The molecule has 126 valence electrons. The topological polar surface area (TPSA) is 78.9 Å². The van der Waals surface area contributed by atoms with Crippen LogP contribution in [0.1, 0.15) is 5.89 Å². The third-order valence-corrected chi connectivity index (χ3v) is 4.00. The molecule has 0 radical (unpaired) electrons. The predicted octanol–water partition coefficient (Wildman–Crippen LogP) is 3.10. The largest absolute Gasteiger partial charge is 0.383 e. The Morgan fingerprint density at radius 3 is 2.84 bits per heavy atom. The summed E-state index contributed by atoms with van der Waals surface area (Å²) in [4.78, 5) is 13.2. The van der Waals surface area contributed by atoms with Gasteiger partial charge in [-0.3, -0.25) is 9.97 Å². The van der Waals surface area contributed by atoms with Gasteiger partial charge in [-0.25, -0.2) is 0 Å². The number of hydrogen-bond acceptors (Lipinski definition) is 6. The molecule has 7 nitrogen and oxygen atoms in total. The first-order chi connectivity index (χ1) is 12.2. The van der Waals surface area contributed by atoms with Gasteiger partial charge in [0, 0.05) is 50.1 Å². The van der Waals surface area contributed by atoms with Gasteiger partial charge in [0.2, 0.25) is 11.7 Å². The maximum Gasteiger partial charge on any atom is 0.223 e. The molecule has 0 aliphatic heterocycles. The summed E-state index contributed by atoms with van der Waals surface area (Å²) in [6, 6.07) is 7.86. The van der Waals surface area contributed by atoms with E-state index >= 15 is 0 Å². The molecule has 0 saturated carbocycles. The summed E-state index contributed by atoms with van der Waals surface area (Å²) in [6.45, 7) is 3.22. The molecule has 0 bridgehead atoms. The first-order valence-electron chi connectivity index (χ1n) is 7.95. The van der Waals surface area contributed by atoms with Crippen molar-refractivity contribution in [2.45, 2.75) is 13.5 Å². The Kier molecular flexibility index (Phi) is 3.99. The Bertz CT molecular complexity index is 1020. The Labute approximate surface area is 144 Å². The number of pyridine rings is 2. The van der Waals surface area contributed by atoms with Crippen molar-refractivity contribution in [2.24, 2.45) is 0 Å². The van der Waals surface area contributed by atoms with Gasteiger partial charge in [-0.2, -0.15) is 4.98 Å². The molecular weight excluding hydrogens is 318 g/mol. The van der Waals surface area contributed by atoms with Crippen molar-refractivity contribution in [3.8, 4) is 22.8 Å². The van der Waals surface area contributed by atoms with Crippen LogP contribution in [-0.2, 0) is 11.3 Å². The van der Waals surface area contributed by atoms with Crippen LogP contribution in [0.3, 0.4) is 0 Å². The average Bonchev–Trinajstić information content (AvgIpc) is 3.26. The van der Waals surface area contributed by atoms with Gasteiger partial charge >= 0.3 is 0 Å². The maximum atomic E-state index is 5.17. The zero-order valence-electron chi connectivity index (χ0n) is 14.0. The van der Waals surface area contributed by atoms with Crippen molar-refractivity contribution >= 4 is 10.9 Å². The maximum absolute atomic E-state index is 5.17. The number of nitrogens with zero attached hydrogens (tertiary/aromatic N) is 5. The number of hydrogen-bond donors (Lipinski definition) is 0. The molecule has 0 N–H and O–H groups in total. The van der Waals surface area contributed by atoms with Gasteiger partial charge in [0.25, 0.3) is 0 Å². The van der Waals surface area contributed by atoms with Crippen LogP contribution in [0, 0.1) is 6.92 Å². The minimum atomic E-state index is 0.531. The summed E-state index contributed by atoms with van der Waals surface area (Å²) in [5, 5.41) is 5.05. The van der Waals surface area contributed by atoms with E-state index in [2.05, 4.69) is 24.7 Å². The smallest absolute Gasteiger partial charge is 0.223 e. The van der Waals surface area contributed by atoms with Crippen molar-refractivity contribution in [3.63, 3.8) is 0 Å². The van der Waals surface area contributed by atoms with Gasteiger partial charge in [0.15, 0.2) is 0 Å². The third kappa shape index (κ3) is 3.01. The first-order valence-corrected chi connectivity index (χ1v) is 7.95. The molecule has 0 aliphatic carbocycles. The van der Waals surface area contributed by atoms with Crippen LogP contribution < -0.4 is 0 Å². The zero-order chi connectivity index (χ0) is 17.2. The number of aryl methyl sites for hydroxylation is 1. The SMILES string of the molecule is COCCn1ccc2cnc(-c3cc(-c4noc(C)n4)ccn3)cc21. The highest BCUT2D eigenvalue weighted by atomic mass is 16.5. The molecule has 0 fully saturated rings. The lowest BCUT2D eigenvalue weighted by Crippen LogP contribution is -2.02. The molecule has 4 aromatic heterocycles. The minimum absolute atomic E-state index is 0.531. The second-order valence-corrected chi connectivity index (χ2v) is 5.70. The fraction of sp³-hybridized carbons (Fsp3) is 0.222. The fourth-order valence-corrected chi connectivity index (χ4v) is 2.73. The van der Waals surface area contributed by atoms with Crippen LogP contribution in [0.15, 0.2) is 47.4 Å². The van der Waals surface area contributed by atoms with E-state index in [0.717, 1.165) is 34.4 Å². The Balaban J connectivity index is 1.74. The highest BCUT2D eigenvalue weighted by Gasteiger charge is 2.10. The standard InChI is InChI=1S/C18H17N5O2/c1-12-21-18(22-25-12)13-3-5-19-15(9-13)16-10-17-14(11-20-16)4-6-23(17)7-8-24-2/h3-6,9-11H,7-8H2,1-2H3. The van der Waals surface area contributed by atoms with Crippen molar-refractivity contribution in [3.05, 3.63) is 48.7 Å². The van der Waals surface area contributed by atoms with E-state index in [1.165, 1.54) is 0 Å². The molecule has 4 heterocycles. The summed E-state index contributed by atoms with van der Waals surface area (Å²) < 4.78 is 12.4. The molecule has 0 saturated heterocycles. The van der Waals surface area contributed by atoms with Crippen LogP contribution in [0.4, 0.5) is 0 Å². The van der Waals surface area contributed by atoms with E-state index in [4.69, 9.17) is 9.26 Å². The lowest BCUT2D eigenvalue weighted by Gasteiger charge is -2.06. The fourth-order valence-electron chi connectivity index (χ4n) is 2.73. The zero-order valence-corrected chi connectivity index (χ0v) is 14.0. The van der Waals surface area contributed by atoms with Crippen molar-refractivity contribution in [1.29, 1.82) is 0 Å². The van der Waals surface area contributed by atoms with Crippen molar-refractivity contribution < 1.29 is 9.26 Å². The molecular formula is C18H17N5O2. The molecule has 0 aliphatic rings. The van der Waals surface area contributed by atoms with E-state index < -0.39 is 0 Å². The van der Waals surface area contributed by atoms with Gasteiger partial charge in [-0.1, -0.05) is 5.16 Å². The van der Waals surface area contributed by atoms with Gasteiger partial charge < -0.3 is 13.8 Å². The van der Waals surface area contributed by atoms with Gasteiger partial charge in [-0.05, 0) is 24.3 Å². The molecule has 0 amide bonds. The molecule has 7 heteroatoms. The van der Waals surface area contributed by atoms with Gasteiger partial charge in [0.1, 0.15) is 0 Å². The van der Waals surface area contributed by atoms with Crippen LogP contribution in [0.25, 0.3) is 33.7 Å². The molecule has 4 rings (SSSR count). The molecule has 0 aromatic carbocycles. The summed E-state index contributed by atoms with van der Waals surface area (Å²) in [7, 11) is 1.70. The Morgan fingerprint density at radius 2 is 2.04 bits per heavy atom. The van der Waals surface area contributed by atoms with Crippen molar-refractivity contribution in [2.75, 3.05) is 13.7 Å². The Morgan fingerprint density at radius 1 is 1.16 bits per heavy atom. The van der Waals surface area contributed by atoms with E-state index in [0.29, 0.717) is 18.3 Å². The normalized spacial score (nSPS) is 11.3. The number of aromatic nitrogens is 5. The lowest BCUT2D eigenvalue weighted by molar-refractivity contribution is 0.188. The van der Waals surface area contributed by atoms with Crippen molar-refractivity contribution in [1.82, 2.24) is 24.7 Å². The van der Waals surface area contributed by atoms with Gasteiger partial charge in [-0.15, -0.1) is 0 Å². The summed E-state index contributed by atoms with van der Waals surface area (Å²) >= 11 is 0. The lowest BCUT2D eigenvalue weighted by atomic mass is 10.1. The number of rotatable bonds is 5. The van der Waals surface area contributed by atoms with E-state index in [1.54, 1.807) is 20.2 Å². The molecule has 25 heavy (non-hydrogen) atoms. The van der Waals surface area contributed by atoms with Crippen LogP contribution in [0.2, 0.25) is 0 Å². The monoisotopic (exact) mass is 335 g/mol. The van der Waals surface area contributed by atoms with Crippen LogP contribution in [0.5, 0.6) is 0 Å². The van der Waals surface area contributed by atoms with Crippen LogP contribution in [-0.4, -0.2) is 38.4 Å². The van der Waals surface area contributed by atoms with Crippen LogP contribution >= 0.6 is 0 Å². The van der Waals surface area contributed by atoms with E-state index in [9.17, 15) is 0 Å². The minimum Gasteiger partial charge on any atom is -0.383 e. The number of ether oxygens (including phenoxy) is 1. The first kappa shape index (κ1) is 15.5. The molecule has 0 atom stereocenters. The molecule has 4 aromatic rings. The second-order valence-electron chi connectivity index (χ2n) is 5.70. The quantitative estimate of drug-likeness (QED) is 0.557. The van der Waals surface area contributed by atoms with E-state index in [-0.39, 0.29) is 0 Å². The second kappa shape index (κ2) is 6.45. The number of methoxy groups -OCH3 is 1. The predicted molar refractivity (Wildman–Crippen MR) is 92.9 cm³/mol. The average molecular weight is 335 g/mol. The Hall–Kier alpha value is -3.06. The summed E-state index contributed by atoms with van der Waals surface area (Å²) in [5.74, 6) is 1.08. The highest BCUT2D eigenvalue weighted by Crippen LogP contribution is 2.24. The highest BCUT2D eigenvalue weighted by molar-refractivity contribution is 5.83. The summed E-state index contributed by atoms with van der Waals surface area (Å²) in [5.41, 5.74) is 3.51. The van der Waals surface area contributed by atoms with E-state index in [1.807, 2.05) is 36.7 Å².